The molecule has 1 aromatic heterocycles. The van der Waals surface area contributed by atoms with Crippen LogP contribution in [-0.2, 0) is 11.3 Å². The fourth-order valence-corrected chi connectivity index (χ4v) is 3.97. The smallest absolute Gasteiger partial charge is 0.257 e. The summed E-state index contributed by atoms with van der Waals surface area (Å²) in [5, 5.41) is 3.99. The summed E-state index contributed by atoms with van der Waals surface area (Å²) in [6.45, 7) is 10.7. The molecule has 1 fully saturated rings. The van der Waals surface area contributed by atoms with Gasteiger partial charge in [0.25, 0.3) is 11.5 Å². The zero-order valence-electron chi connectivity index (χ0n) is 17.9. The zero-order valence-corrected chi connectivity index (χ0v) is 17.9. The lowest BCUT2D eigenvalue weighted by molar-refractivity contribution is -0.123. The average molecular weight is 400 g/mol. The first-order valence-corrected chi connectivity index (χ1v) is 10.8. The summed E-state index contributed by atoms with van der Waals surface area (Å²) in [7, 11) is 0. The van der Waals surface area contributed by atoms with E-state index in [1.807, 2.05) is 18.2 Å². The van der Waals surface area contributed by atoms with Gasteiger partial charge in [-0.3, -0.25) is 9.59 Å². The third kappa shape index (κ3) is 5.38. The molecule has 0 atom stereocenters. The van der Waals surface area contributed by atoms with Crippen molar-refractivity contribution in [2.75, 3.05) is 32.8 Å². The van der Waals surface area contributed by atoms with Crippen molar-refractivity contribution in [2.24, 2.45) is 0 Å². The first kappa shape index (κ1) is 21.4. The molecule has 6 nitrogen and oxygen atoms in total. The molecule has 1 aliphatic heterocycles. The number of likely N-dealkylation sites (tertiary alicyclic amines) is 1. The molecule has 1 amide bonds. The van der Waals surface area contributed by atoms with Gasteiger partial charge in [-0.05, 0) is 56.0 Å². The summed E-state index contributed by atoms with van der Waals surface area (Å²) in [4.78, 5) is 27.1. The van der Waals surface area contributed by atoms with Crippen molar-refractivity contribution >= 4 is 16.8 Å². The Morgan fingerprint density at radius 3 is 2.62 bits per heavy atom. The number of carbonyl (C=O) groups is 1. The Morgan fingerprint density at radius 1 is 1.17 bits per heavy atom. The number of pyridine rings is 1. The maximum absolute atomic E-state index is 12.6. The van der Waals surface area contributed by atoms with Crippen molar-refractivity contribution < 1.29 is 9.53 Å². The lowest BCUT2D eigenvalue weighted by Gasteiger charge is -2.17. The molecule has 0 unspecified atom stereocenters. The second-order valence-electron chi connectivity index (χ2n) is 8.11. The van der Waals surface area contributed by atoms with Crippen LogP contribution in [0.4, 0.5) is 0 Å². The number of aromatic nitrogens is 1. The van der Waals surface area contributed by atoms with Crippen molar-refractivity contribution in [3.8, 4) is 5.75 Å². The summed E-state index contributed by atoms with van der Waals surface area (Å²) in [6.07, 6.45) is 3.38. The highest BCUT2D eigenvalue weighted by Gasteiger charge is 2.14. The summed E-state index contributed by atoms with van der Waals surface area (Å²) in [5.41, 5.74) is 1.93. The Hall–Kier alpha value is -2.34. The Balaban J connectivity index is 1.68. The van der Waals surface area contributed by atoms with E-state index in [-0.39, 0.29) is 24.0 Å². The molecular formula is C23H33N3O3. The van der Waals surface area contributed by atoms with E-state index in [9.17, 15) is 9.59 Å². The van der Waals surface area contributed by atoms with Crippen LogP contribution in [0.3, 0.4) is 0 Å². The predicted octanol–water partition coefficient (Wildman–Crippen LogP) is 3.13. The molecule has 0 spiro atoms. The molecule has 0 radical (unpaired) electrons. The van der Waals surface area contributed by atoms with Gasteiger partial charge in [-0.15, -0.1) is 0 Å². The van der Waals surface area contributed by atoms with E-state index in [4.69, 9.17) is 4.74 Å². The number of hydrogen-bond acceptors (Lipinski definition) is 4. The second-order valence-corrected chi connectivity index (χ2v) is 8.11. The molecule has 1 N–H and O–H groups in total. The maximum atomic E-state index is 12.6. The lowest BCUT2D eigenvalue weighted by atomic mass is 9.98. The van der Waals surface area contributed by atoms with Crippen LogP contribution in [0.25, 0.3) is 10.9 Å². The average Bonchev–Trinajstić information content (AvgIpc) is 3.21. The minimum absolute atomic E-state index is 0.0138. The van der Waals surface area contributed by atoms with Crippen LogP contribution in [0, 0.1) is 0 Å². The molecule has 0 saturated carbocycles. The third-order valence-corrected chi connectivity index (χ3v) is 5.50. The van der Waals surface area contributed by atoms with Crippen molar-refractivity contribution in [1.29, 1.82) is 0 Å². The molecule has 1 aliphatic rings. The number of ether oxygens (including phenoxy) is 1. The zero-order chi connectivity index (χ0) is 20.8. The number of carbonyl (C=O) groups excluding carboxylic acids is 1. The number of rotatable bonds is 9. The normalized spacial score (nSPS) is 14.6. The van der Waals surface area contributed by atoms with Gasteiger partial charge >= 0.3 is 0 Å². The Kier molecular flexibility index (Phi) is 7.31. The first-order chi connectivity index (χ1) is 14.0. The quantitative estimate of drug-likeness (QED) is 0.704. The highest BCUT2D eigenvalue weighted by molar-refractivity contribution is 5.84. The van der Waals surface area contributed by atoms with Crippen LogP contribution >= 0.6 is 0 Å². The van der Waals surface area contributed by atoms with E-state index in [0.717, 1.165) is 42.5 Å². The summed E-state index contributed by atoms with van der Waals surface area (Å²) >= 11 is 0. The lowest BCUT2D eigenvalue weighted by Crippen LogP contribution is -2.35. The molecule has 158 valence electrons. The van der Waals surface area contributed by atoms with E-state index in [1.165, 1.54) is 12.8 Å². The molecular weight excluding hydrogens is 366 g/mol. The summed E-state index contributed by atoms with van der Waals surface area (Å²) < 4.78 is 7.53. The SMILES string of the molecule is CCCn1c(=O)cc(C(C)C)c2ccc(OCC(=O)NCCN3CCCC3)cc21. The van der Waals surface area contributed by atoms with Gasteiger partial charge in [0.15, 0.2) is 6.61 Å². The van der Waals surface area contributed by atoms with Gasteiger partial charge in [-0.2, -0.15) is 0 Å². The van der Waals surface area contributed by atoms with Crippen LogP contribution in [0.15, 0.2) is 29.1 Å². The maximum Gasteiger partial charge on any atom is 0.257 e. The predicted molar refractivity (Wildman–Crippen MR) is 117 cm³/mol. The molecule has 0 bridgehead atoms. The Morgan fingerprint density at radius 2 is 1.93 bits per heavy atom. The minimum atomic E-state index is -0.119. The fraction of sp³-hybridized carbons (Fsp3) is 0.565. The number of aryl methyl sites for hydroxylation is 1. The van der Waals surface area contributed by atoms with Gasteiger partial charge in [0.1, 0.15) is 5.75 Å². The monoisotopic (exact) mass is 399 g/mol. The standard InChI is InChI=1S/C23H33N3O3/c1-4-10-26-21-14-18(7-8-19(21)20(17(2)3)15-23(26)28)29-16-22(27)24-9-13-25-11-5-6-12-25/h7-8,14-15,17H,4-6,9-13,16H2,1-3H3,(H,24,27). The van der Waals surface area contributed by atoms with Gasteiger partial charge in [0.05, 0.1) is 5.52 Å². The Bertz CT molecular complexity index is 898. The van der Waals surface area contributed by atoms with E-state index < -0.39 is 0 Å². The molecule has 6 heteroatoms. The van der Waals surface area contributed by atoms with E-state index in [1.54, 1.807) is 10.6 Å². The van der Waals surface area contributed by atoms with Crippen molar-refractivity contribution in [2.45, 2.75) is 52.5 Å². The number of nitrogens with zero attached hydrogens (tertiary/aromatic N) is 2. The van der Waals surface area contributed by atoms with Gasteiger partial charge in [-0.25, -0.2) is 0 Å². The van der Waals surface area contributed by atoms with Gasteiger partial charge in [-0.1, -0.05) is 20.8 Å². The van der Waals surface area contributed by atoms with Crippen LogP contribution in [-0.4, -0.2) is 48.2 Å². The molecule has 1 aromatic carbocycles. The van der Waals surface area contributed by atoms with Gasteiger partial charge < -0.3 is 19.5 Å². The minimum Gasteiger partial charge on any atom is -0.484 e. The molecule has 0 aliphatic carbocycles. The summed E-state index contributed by atoms with van der Waals surface area (Å²) in [5.74, 6) is 0.748. The molecule has 3 rings (SSSR count). The van der Waals surface area contributed by atoms with E-state index >= 15 is 0 Å². The highest BCUT2D eigenvalue weighted by Crippen LogP contribution is 2.27. The van der Waals surface area contributed by atoms with E-state index in [2.05, 4.69) is 31.0 Å². The summed E-state index contributed by atoms with van der Waals surface area (Å²) in [6, 6.07) is 7.51. The molecule has 1 saturated heterocycles. The Labute approximate surface area is 172 Å². The number of hydrogen-bond donors (Lipinski definition) is 1. The number of benzene rings is 1. The number of fused-ring (bicyclic) bond motifs is 1. The van der Waals surface area contributed by atoms with Gasteiger partial charge in [0.2, 0.25) is 0 Å². The van der Waals surface area contributed by atoms with Crippen LogP contribution in [0.2, 0.25) is 0 Å². The van der Waals surface area contributed by atoms with Crippen molar-refractivity contribution in [3.05, 3.63) is 40.2 Å². The second kappa shape index (κ2) is 9.92. The van der Waals surface area contributed by atoms with Crippen molar-refractivity contribution in [3.63, 3.8) is 0 Å². The third-order valence-electron chi connectivity index (χ3n) is 5.50. The molecule has 2 aromatic rings. The molecule has 2 heterocycles. The van der Waals surface area contributed by atoms with Crippen molar-refractivity contribution in [1.82, 2.24) is 14.8 Å². The highest BCUT2D eigenvalue weighted by atomic mass is 16.5. The number of nitrogens with one attached hydrogen (secondary N) is 1. The van der Waals surface area contributed by atoms with Crippen LogP contribution in [0.1, 0.15) is 51.5 Å². The largest absolute Gasteiger partial charge is 0.484 e. The van der Waals surface area contributed by atoms with E-state index in [0.29, 0.717) is 18.8 Å². The molecule has 29 heavy (non-hydrogen) atoms. The van der Waals surface area contributed by atoms with Crippen LogP contribution < -0.4 is 15.6 Å². The topological polar surface area (TPSA) is 63.6 Å². The van der Waals surface area contributed by atoms with Crippen LogP contribution in [0.5, 0.6) is 5.75 Å². The fourth-order valence-electron chi connectivity index (χ4n) is 3.97. The van der Waals surface area contributed by atoms with Gasteiger partial charge in [0, 0.05) is 37.2 Å². The first-order valence-electron chi connectivity index (χ1n) is 10.8. The number of amides is 1.